The van der Waals surface area contributed by atoms with Gasteiger partial charge in [0.25, 0.3) is 0 Å². The Balaban J connectivity index is 1.63. The first-order valence-corrected chi connectivity index (χ1v) is 9.98. The van der Waals surface area contributed by atoms with Crippen LogP contribution < -0.4 is 5.32 Å². The Morgan fingerprint density at radius 2 is 2.12 bits per heavy atom. The van der Waals surface area contributed by atoms with E-state index in [9.17, 15) is 4.21 Å². The highest BCUT2D eigenvalue weighted by Crippen LogP contribution is 2.33. The van der Waals surface area contributed by atoms with Gasteiger partial charge in [-0.3, -0.25) is 4.21 Å². The van der Waals surface area contributed by atoms with Crippen molar-refractivity contribution in [2.75, 3.05) is 11.1 Å². The first-order chi connectivity index (χ1) is 11.4. The van der Waals surface area contributed by atoms with Gasteiger partial charge in [0.15, 0.2) is 5.13 Å². The highest BCUT2D eigenvalue weighted by atomic mass is 32.2. The topological polar surface area (TPSA) is 54.9 Å². The SMILES string of the molecule is CC(C)(C)C1=CCC(CS(=O)c2cnc(Nc3ccccn3)s2)=C1. The monoisotopic (exact) mass is 359 g/mol. The van der Waals surface area contributed by atoms with Gasteiger partial charge in [0.2, 0.25) is 0 Å². The second-order valence-electron chi connectivity index (χ2n) is 6.73. The molecular formula is C18H21N3OS2. The zero-order valence-corrected chi connectivity index (χ0v) is 15.7. The van der Waals surface area contributed by atoms with Crippen LogP contribution in [0.25, 0.3) is 0 Å². The number of rotatable bonds is 5. The van der Waals surface area contributed by atoms with Gasteiger partial charge in [0.05, 0.1) is 22.7 Å². The second kappa shape index (κ2) is 6.99. The molecule has 3 rings (SSSR count). The largest absolute Gasteiger partial charge is 0.316 e. The highest BCUT2D eigenvalue weighted by molar-refractivity contribution is 7.87. The molecule has 2 aromatic heterocycles. The van der Waals surface area contributed by atoms with Gasteiger partial charge in [-0.15, -0.1) is 0 Å². The fourth-order valence-corrected chi connectivity index (χ4v) is 4.60. The number of hydrogen-bond donors (Lipinski definition) is 1. The third-order valence-corrected chi connectivity index (χ3v) is 6.44. The number of allylic oxidation sites excluding steroid dienone is 3. The molecule has 6 heteroatoms. The van der Waals surface area contributed by atoms with Crippen LogP contribution in [0, 0.1) is 5.41 Å². The van der Waals surface area contributed by atoms with E-state index in [0.717, 1.165) is 16.4 Å². The molecule has 0 bridgehead atoms. The molecule has 1 aliphatic carbocycles. The molecule has 0 spiro atoms. The van der Waals surface area contributed by atoms with Crippen molar-refractivity contribution in [2.24, 2.45) is 5.41 Å². The average molecular weight is 360 g/mol. The predicted molar refractivity (Wildman–Crippen MR) is 101 cm³/mol. The maximum Gasteiger partial charge on any atom is 0.189 e. The van der Waals surface area contributed by atoms with E-state index in [1.807, 2.05) is 18.2 Å². The summed E-state index contributed by atoms with van der Waals surface area (Å²) in [6.07, 6.45) is 8.76. The first-order valence-electron chi connectivity index (χ1n) is 7.84. The number of nitrogens with one attached hydrogen (secondary N) is 1. The van der Waals surface area contributed by atoms with Gasteiger partial charge in [-0.05, 0) is 29.5 Å². The lowest BCUT2D eigenvalue weighted by atomic mass is 9.87. The maximum atomic E-state index is 12.6. The summed E-state index contributed by atoms with van der Waals surface area (Å²) >= 11 is 1.42. The summed E-state index contributed by atoms with van der Waals surface area (Å²) in [5.74, 6) is 1.31. The minimum atomic E-state index is -1.06. The Kier molecular flexibility index (Phi) is 4.96. The predicted octanol–water partition coefficient (Wildman–Crippen LogP) is 4.69. The van der Waals surface area contributed by atoms with Crippen LogP contribution in [-0.2, 0) is 10.8 Å². The Hall–Kier alpha value is -1.79. The molecule has 0 amide bonds. The Labute approximate surface area is 149 Å². The number of anilines is 2. The van der Waals surface area contributed by atoms with E-state index in [0.29, 0.717) is 10.9 Å². The molecule has 0 saturated heterocycles. The van der Waals surface area contributed by atoms with Crippen LogP contribution in [0.4, 0.5) is 10.9 Å². The smallest absolute Gasteiger partial charge is 0.189 e. The van der Waals surface area contributed by atoms with Gasteiger partial charge in [-0.2, -0.15) is 0 Å². The summed E-state index contributed by atoms with van der Waals surface area (Å²) in [5, 5.41) is 3.85. The molecule has 1 unspecified atom stereocenters. The molecule has 1 N–H and O–H groups in total. The Morgan fingerprint density at radius 3 is 2.79 bits per heavy atom. The zero-order valence-electron chi connectivity index (χ0n) is 14.1. The summed E-state index contributed by atoms with van der Waals surface area (Å²) in [7, 11) is -1.06. The van der Waals surface area contributed by atoms with Gasteiger partial charge >= 0.3 is 0 Å². The average Bonchev–Trinajstić information content (AvgIpc) is 3.17. The van der Waals surface area contributed by atoms with Crippen LogP contribution in [-0.4, -0.2) is 19.9 Å². The lowest BCUT2D eigenvalue weighted by Crippen LogP contribution is -2.06. The van der Waals surface area contributed by atoms with E-state index < -0.39 is 10.8 Å². The molecule has 0 radical (unpaired) electrons. The summed E-state index contributed by atoms with van der Waals surface area (Å²) in [6.45, 7) is 6.61. The molecule has 1 atom stereocenters. The van der Waals surface area contributed by atoms with Gasteiger partial charge in [0.1, 0.15) is 10.0 Å². The third kappa shape index (κ3) is 4.19. The second-order valence-corrected chi connectivity index (χ2v) is 9.44. The number of nitrogens with zero attached hydrogens (tertiary/aromatic N) is 2. The third-order valence-electron chi connectivity index (χ3n) is 3.74. The molecule has 2 heterocycles. The van der Waals surface area contributed by atoms with Crippen molar-refractivity contribution in [1.82, 2.24) is 9.97 Å². The molecular weight excluding hydrogens is 338 g/mol. The summed E-state index contributed by atoms with van der Waals surface area (Å²) in [6, 6.07) is 5.65. The minimum Gasteiger partial charge on any atom is -0.316 e. The molecule has 0 aromatic carbocycles. The van der Waals surface area contributed by atoms with Crippen molar-refractivity contribution < 1.29 is 4.21 Å². The molecule has 0 saturated carbocycles. The van der Waals surface area contributed by atoms with Crippen molar-refractivity contribution >= 4 is 33.1 Å². The van der Waals surface area contributed by atoms with Crippen LogP contribution in [0.3, 0.4) is 0 Å². The lowest BCUT2D eigenvalue weighted by molar-refractivity contribution is 0.517. The van der Waals surface area contributed by atoms with E-state index >= 15 is 0 Å². The van der Waals surface area contributed by atoms with Crippen LogP contribution >= 0.6 is 11.3 Å². The fourth-order valence-electron chi connectivity index (χ4n) is 2.41. The maximum absolute atomic E-state index is 12.6. The van der Waals surface area contributed by atoms with Crippen molar-refractivity contribution in [2.45, 2.75) is 31.4 Å². The standard InChI is InChI=1S/C18H21N3OS2/c1-18(2,3)14-8-7-13(10-14)12-24(22)16-11-20-17(23-16)21-15-6-4-5-9-19-15/h4-6,8-11H,7,12H2,1-3H3,(H,19,20,21). The van der Waals surface area contributed by atoms with Crippen molar-refractivity contribution in [3.63, 3.8) is 0 Å². The van der Waals surface area contributed by atoms with Crippen LogP contribution in [0.2, 0.25) is 0 Å². The lowest BCUT2D eigenvalue weighted by Gasteiger charge is -2.18. The summed E-state index contributed by atoms with van der Waals surface area (Å²) in [5.41, 5.74) is 2.70. The van der Waals surface area contributed by atoms with Crippen molar-refractivity contribution in [3.8, 4) is 0 Å². The number of hydrogen-bond acceptors (Lipinski definition) is 5. The minimum absolute atomic E-state index is 0.146. The molecule has 2 aromatic rings. The van der Waals surface area contributed by atoms with Crippen LogP contribution in [0.1, 0.15) is 27.2 Å². The van der Waals surface area contributed by atoms with E-state index in [2.05, 4.69) is 48.2 Å². The van der Waals surface area contributed by atoms with E-state index in [1.54, 1.807) is 12.4 Å². The fraction of sp³-hybridized carbons (Fsp3) is 0.333. The number of aromatic nitrogens is 2. The van der Waals surface area contributed by atoms with Crippen LogP contribution in [0.15, 0.2) is 58.1 Å². The summed E-state index contributed by atoms with van der Waals surface area (Å²) in [4.78, 5) is 8.51. The quantitative estimate of drug-likeness (QED) is 0.841. The van der Waals surface area contributed by atoms with E-state index in [1.165, 1.54) is 22.5 Å². The highest BCUT2D eigenvalue weighted by Gasteiger charge is 2.20. The molecule has 0 aliphatic heterocycles. The van der Waals surface area contributed by atoms with Gasteiger partial charge < -0.3 is 5.32 Å². The molecule has 24 heavy (non-hydrogen) atoms. The molecule has 1 aliphatic rings. The van der Waals surface area contributed by atoms with Crippen LogP contribution in [0.5, 0.6) is 0 Å². The van der Waals surface area contributed by atoms with Crippen molar-refractivity contribution in [1.29, 1.82) is 0 Å². The van der Waals surface area contributed by atoms with Crippen molar-refractivity contribution in [3.05, 3.63) is 53.9 Å². The van der Waals surface area contributed by atoms with Gasteiger partial charge in [-0.1, -0.05) is 55.9 Å². The van der Waals surface area contributed by atoms with E-state index in [-0.39, 0.29) is 5.41 Å². The van der Waals surface area contributed by atoms with Gasteiger partial charge in [0, 0.05) is 6.20 Å². The zero-order chi connectivity index (χ0) is 17.2. The number of thiazole rings is 1. The molecule has 126 valence electrons. The van der Waals surface area contributed by atoms with E-state index in [4.69, 9.17) is 0 Å². The van der Waals surface area contributed by atoms with Gasteiger partial charge in [-0.25, -0.2) is 9.97 Å². The Bertz CT molecular complexity index is 801. The Morgan fingerprint density at radius 1 is 1.29 bits per heavy atom. The summed E-state index contributed by atoms with van der Waals surface area (Å²) < 4.78 is 13.4. The number of pyridine rings is 1. The normalized spacial score (nSPS) is 15.8. The first kappa shape index (κ1) is 17.0. The molecule has 4 nitrogen and oxygen atoms in total. The molecule has 0 fully saturated rings.